The summed E-state index contributed by atoms with van der Waals surface area (Å²) in [6, 6.07) is 1.93. The van der Waals surface area contributed by atoms with Crippen molar-refractivity contribution in [2.75, 3.05) is 0 Å². The highest BCUT2D eigenvalue weighted by Crippen LogP contribution is 2.34. The maximum Gasteiger partial charge on any atom is 0.262 e. The Morgan fingerprint density at radius 3 is 3.17 bits per heavy atom. The molecule has 0 unspecified atom stereocenters. The number of thiophene rings is 2. The SMILES string of the molecule is O=c1c2c3c(sc2ncn1Cc1noc(-c2ccsc2)n1)CCC3. The zero-order valence-corrected chi connectivity index (χ0v) is 14.2. The normalized spacial score (nSPS) is 13.7. The number of fused-ring (bicyclic) bond motifs is 3. The topological polar surface area (TPSA) is 73.8 Å². The first kappa shape index (κ1) is 14.1. The third-order valence-electron chi connectivity index (χ3n) is 4.24. The smallest absolute Gasteiger partial charge is 0.262 e. The average Bonchev–Trinajstić information content (AvgIpc) is 3.33. The molecule has 8 heteroatoms. The van der Waals surface area contributed by atoms with Crippen molar-refractivity contribution in [3.8, 4) is 11.5 Å². The summed E-state index contributed by atoms with van der Waals surface area (Å²) in [4.78, 5) is 23.8. The molecule has 0 spiro atoms. The minimum atomic E-state index is -0.0127. The van der Waals surface area contributed by atoms with Gasteiger partial charge in [0.15, 0.2) is 5.82 Å². The van der Waals surface area contributed by atoms with Gasteiger partial charge in [0.25, 0.3) is 11.4 Å². The Kier molecular flexibility index (Phi) is 3.14. The summed E-state index contributed by atoms with van der Waals surface area (Å²) in [5, 5.41) is 8.66. The maximum absolute atomic E-state index is 12.8. The van der Waals surface area contributed by atoms with E-state index in [1.807, 2.05) is 16.8 Å². The second-order valence-electron chi connectivity index (χ2n) is 5.74. The maximum atomic E-state index is 12.8. The molecule has 120 valence electrons. The van der Waals surface area contributed by atoms with Gasteiger partial charge in [-0.25, -0.2) is 4.98 Å². The first-order valence-corrected chi connectivity index (χ1v) is 9.40. The molecular weight excluding hydrogens is 344 g/mol. The lowest BCUT2D eigenvalue weighted by atomic mass is 10.2. The molecule has 0 bridgehead atoms. The van der Waals surface area contributed by atoms with E-state index >= 15 is 0 Å². The van der Waals surface area contributed by atoms with Gasteiger partial charge >= 0.3 is 0 Å². The van der Waals surface area contributed by atoms with Crippen molar-refractivity contribution in [1.29, 1.82) is 0 Å². The Hall–Kier alpha value is -2.32. The summed E-state index contributed by atoms with van der Waals surface area (Å²) in [6.45, 7) is 0.264. The molecule has 0 radical (unpaired) electrons. The first-order chi connectivity index (χ1) is 11.8. The Balaban J connectivity index is 1.53. The van der Waals surface area contributed by atoms with Crippen LogP contribution in [0.15, 0.2) is 32.5 Å². The van der Waals surface area contributed by atoms with Crippen molar-refractivity contribution < 1.29 is 4.52 Å². The largest absolute Gasteiger partial charge is 0.334 e. The molecule has 0 saturated carbocycles. The molecule has 1 aliphatic rings. The third-order valence-corrected chi connectivity index (χ3v) is 6.12. The molecule has 1 aliphatic carbocycles. The minimum Gasteiger partial charge on any atom is -0.334 e. The Bertz CT molecular complexity index is 1090. The van der Waals surface area contributed by atoms with Gasteiger partial charge in [0.1, 0.15) is 4.83 Å². The van der Waals surface area contributed by atoms with E-state index in [-0.39, 0.29) is 12.1 Å². The van der Waals surface area contributed by atoms with Gasteiger partial charge < -0.3 is 4.52 Å². The average molecular weight is 356 g/mol. The predicted molar refractivity (Wildman–Crippen MR) is 92.6 cm³/mol. The van der Waals surface area contributed by atoms with Crippen LogP contribution < -0.4 is 5.56 Å². The van der Waals surface area contributed by atoms with Crippen LogP contribution in [-0.2, 0) is 19.4 Å². The van der Waals surface area contributed by atoms with Gasteiger partial charge in [-0.2, -0.15) is 16.3 Å². The highest BCUT2D eigenvalue weighted by molar-refractivity contribution is 7.18. The molecular formula is C16H12N4O2S2. The van der Waals surface area contributed by atoms with E-state index in [2.05, 4.69) is 15.1 Å². The molecule has 5 rings (SSSR count). The first-order valence-electron chi connectivity index (χ1n) is 7.64. The summed E-state index contributed by atoms with van der Waals surface area (Å²) in [6.07, 6.45) is 4.74. The molecule has 24 heavy (non-hydrogen) atoms. The Morgan fingerprint density at radius 2 is 2.29 bits per heavy atom. The molecule has 0 saturated heterocycles. The fourth-order valence-electron chi connectivity index (χ4n) is 3.11. The fraction of sp³-hybridized carbons (Fsp3) is 0.250. The third kappa shape index (κ3) is 2.14. The molecule has 0 fully saturated rings. The summed E-state index contributed by atoms with van der Waals surface area (Å²) in [5.74, 6) is 0.955. The monoisotopic (exact) mass is 356 g/mol. The highest BCUT2D eigenvalue weighted by atomic mass is 32.1. The lowest BCUT2D eigenvalue weighted by Crippen LogP contribution is -2.21. The summed E-state index contributed by atoms with van der Waals surface area (Å²) in [5.41, 5.74) is 2.07. The van der Waals surface area contributed by atoms with Crippen LogP contribution >= 0.6 is 22.7 Å². The van der Waals surface area contributed by atoms with Crippen LogP contribution in [0.25, 0.3) is 21.7 Å². The van der Waals surface area contributed by atoms with E-state index in [9.17, 15) is 4.79 Å². The molecule has 0 aliphatic heterocycles. The van der Waals surface area contributed by atoms with Crippen LogP contribution in [0.2, 0.25) is 0 Å². The van der Waals surface area contributed by atoms with Crippen molar-refractivity contribution >= 4 is 32.9 Å². The Labute approximate surface area is 144 Å². The van der Waals surface area contributed by atoms with Crippen LogP contribution in [0.5, 0.6) is 0 Å². The van der Waals surface area contributed by atoms with Crippen molar-refractivity contribution in [3.63, 3.8) is 0 Å². The van der Waals surface area contributed by atoms with Crippen molar-refractivity contribution in [1.82, 2.24) is 19.7 Å². The molecule has 0 aromatic carbocycles. The van der Waals surface area contributed by atoms with Crippen LogP contribution in [0.3, 0.4) is 0 Å². The molecule has 6 nitrogen and oxygen atoms in total. The Morgan fingerprint density at radius 1 is 1.33 bits per heavy atom. The van der Waals surface area contributed by atoms with Crippen LogP contribution in [-0.4, -0.2) is 19.7 Å². The van der Waals surface area contributed by atoms with Gasteiger partial charge in [-0.05, 0) is 36.3 Å². The zero-order valence-electron chi connectivity index (χ0n) is 12.6. The minimum absolute atomic E-state index is 0.0127. The molecule has 0 amide bonds. The molecule has 4 heterocycles. The van der Waals surface area contributed by atoms with Crippen LogP contribution in [0.4, 0.5) is 0 Å². The van der Waals surface area contributed by atoms with E-state index in [1.54, 1.807) is 33.6 Å². The lowest BCUT2D eigenvalue weighted by Gasteiger charge is -2.02. The van der Waals surface area contributed by atoms with Crippen molar-refractivity contribution in [2.24, 2.45) is 0 Å². The second kappa shape index (κ2) is 5.35. The summed E-state index contributed by atoms with van der Waals surface area (Å²) >= 11 is 3.22. The number of aryl methyl sites for hydroxylation is 2. The number of aromatic nitrogens is 4. The number of rotatable bonds is 3. The van der Waals surface area contributed by atoms with E-state index in [4.69, 9.17) is 4.52 Å². The van der Waals surface area contributed by atoms with Gasteiger partial charge in [-0.3, -0.25) is 9.36 Å². The van der Waals surface area contributed by atoms with E-state index in [0.717, 1.165) is 35.0 Å². The number of nitrogens with zero attached hydrogens (tertiary/aromatic N) is 4. The van der Waals surface area contributed by atoms with Crippen LogP contribution in [0.1, 0.15) is 22.7 Å². The predicted octanol–water partition coefficient (Wildman–Crippen LogP) is 3.11. The van der Waals surface area contributed by atoms with Gasteiger partial charge in [-0.1, -0.05) is 5.16 Å². The second-order valence-corrected chi connectivity index (χ2v) is 7.61. The van der Waals surface area contributed by atoms with Gasteiger partial charge in [0.2, 0.25) is 0 Å². The molecule has 0 N–H and O–H groups in total. The van der Waals surface area contributed by atoms with Gasteiger partial charge in [0.05, 0.1) is 23.8 Å². The molecule has 0 atom stereocenters. The number of hydrogen-bond acceptors (Lipinski definition) is 7. The number of hydrogen-bond donors (Lipinski definition) is 0. The zero-order chi connectivity index (χ0) is 16.1. The van der Waals surface area contributed by atoms with E-state index in [1.165, 1.54) is 10.4 Å². The quantitative estimate of drug-likeness (QED) is 0.564. The standard InChI is InChI=1S/C16H12N4O2S2/c21-16-13-10-2-1-3-11(10)24-15(13)17-8-20(16)6-12-18-14(22-19-12)9-4-5-23-7-9/h4-5,7-8H,1-3,6H2. The van der Waals surface area contributed by atoms with E-state index in [0.29, 0.717) is 11.7 Å². The molecule has 4 aromatic rings. The lowest BCUT2D eigenvalue weighted by molar-refractivity contribution is 0.420. The van der Waals surface area contributed by atoms with Gasteiger partial charge in [-0.15, -0.1) is 11.3 Å². The van der Waals surface area contributed by atoms with Crippen molar-refractivity contribution in [3.05, 3.63) is 49.8 Å². The van der Waals surface area contributed by atoms with Crippen LogP contribution in [0, 0.1) is 0 Å². The molecule has 4 aromatic heterocycles. The summed E-state index contributed by atoms with van der Waals surface area (Å²) < 4.78 is 6.84. The highest BCUT2D eigenvalue weighted by Gasteiger charge is 2.21. The summed E-state index contributed by atoms with van der Waals surface area (Å²) in [7, 11) is 0. The fourth-order valence-corrected chi connectivity index (χ4v) is 4.96. The van der Waals surface area contributed by atoms with E-state index < -0.39 is 0 Å². The van der Waals surface area contributed by atoms with Gasteiger partial charge in [0, 0.05) is 10.3 Å². The van der Waals surface area contributed by atoms with Crippen molar-refractivity contribution in [2.45, 2.75) is 25.8 Å².